The molecule has 0 bridgehead atoms. The van der Waals surface area contributed by atoms with Crippen molar-refractivity contribution in [3.63, 3.8) is 0 Å². The van der Waals surface area contributed by atoms with E-state index in [1.54, 1.807) is 4.57 Å². The minimum absolute atomic E-state index is 0.0934. The molecule has 0 aliphatic carbocycles. The predicted molar refractivity (Wildman–Crippen MR) is 158 cm³/mol. The maximum atomic E-state index is 15.6. The first kappa shape index (κ1) is 31.6. The Morgan fingerprint density at radius 2 is 1.74 bits per heavy atom. The molecule has 0 amide bonds. The zero-order valence-corrected chi connectivity index (χ0v) is 25.0. The van der Waals surface area contributed by atoms with Crippen molar-refractivity contribution < 1.29 is 41.3 Å². The standard InChI is InChI=1S/C34H25F5N4O4/c1-34(2)16-46-15-28(34)43-27-10-20(33(44)45)9-26(39)32(27)41-29(43)11-19-8-25(38)21(12-24(19)37)31-22(35)5-6-30(42-31)47-14-18-4-3-17(13-40)7-23(18)36/h3-10,12,28H,11,14-16H2,1-2H3,(H,44,45)/t28-/m1/s1. The number of fused-ring (bicyclic) bond motifs is 1. The van der Waals surface area contributed by atoms with Gasteiger partial charge in [0, 0.05) is 29.0 Å². The molecule has 0 unspecified atom stereocenters. The zero-order valence-electron chi connectivity index (χ0n) is 25.0. The number of pyridine rings is 1. The summed E-state index contributed by atoms with van der Waals surface area (Å²) in [5, 5.41) is 18.4. The Morgan fingerprint density at radius 3 is 2.43 bits per heavy atom. The Kier molecular flexibility index (Phi) is 8.15. The second kappa shape index (κ2) is 12.1. The largest absolute Gasteiger partial charge is 0.478 e. The van der Waals surface area contributed by atoms with Crippen LogP contribution in [-0.4, -0.2) is 38.8 Å². The number of hydrogen-bond donors (Lipinski definition) is 1. The Labute approximate surface area is 264 Å². The highest BCUT2D eigenvalue weighted by Gasteiger charge is 2.39. The molecule has 0 saturated carbocycles. The van der Waals surface area contributed by atoms with Crippen LogP contribution in [0.5, 0.6) is 5.88 Å². The topological polar surface area (TPSA) is 110 Å². The van der Waals surface area contributed by atoms with Gasteiger partial charge < -0.3 is 19.1 Å². The number of carbonyl (C=O) groups is 1. The van der Waals surface area contributed by atoms with Crippen LogP contribution in [-0.2, 0) is 17.8 Å². The third-order valence-corrected chi connectivity index (χ3v) is 8.15. The molecule has 1 aliphatic rings. The molecule has 6 rings (SSSR count). The van der Waals surface area contributed by atoms with E-state index in [1.807, 2.05) is 19.9 Å². The first-order valence-electron chi connectivity index (χ1n) is 14.3. The van der Waals surface area contributed by atoms with Crippen LogP contribution in [0.1, 0.15) is 52.8 Å². The zero-order chi connectivity index (χ0) is 33.6. The summed E-state index contributed by atoms with van der Waals surface area (Å²) in [6.07, 6.45) is -0.318. The van der Waals surface area contributed by atoms with E-state index in [-0.39, 0.29) is 64.6 Å². The normalized spacial score (nSPS) is 15.6. The Morgan fingerprint density at radius 1 is 0.979 bits per heavy atom. The fourth-order valence-electron chi connectivity index (χ4n) is 5.63. The average molecular weight is 649 g/mol. The number of carboxylic acid groups (broad SMARTS) is 1. The number of aromatic carboxylic acids is 1. The summed E-state index contributed by atoms with van der Waals surface area (Å²) in [5.74, 6) is -5.89. The van der Waals surface area contributed by atoms with Gasteiger partial charge in [-0.2, -0.15) is 5.26 Å². The van der Waals surface area contributed by atoms with Gasteiger partial charge in [0.15, 0.2) is 5.82 Å². The highest BCUT2D eigenvalue weighted by Crippen LogP contribution is 2.41. The monoisotopic (exact) mass is 648 g/mol. The number of benzene rings is 3. The molecule has 13 heteroatoms. The van der Waals surface area contributed by atoms with E-state index in [0.717, 1.165) is 36.4 Å². The van der Waals surface area contributed by atoms with Crippen LogP contribution in [0, 0.1) is 45.8 Å². The lowest BCUT2D eigenvalue weighted by molar-refractivity contribution is 0.0696. The van der Waals surface area contributed by atoms with Gasteiger partial charge in [-0.15, -0.1) is 0 Å². The molecule has 1 saturated heterocycles. The molecular weight excluding hydrogens is 623 g/mol. The molecule has 0 radical (unpaired) electrons. The molecule has 5 aromatic rings. The minimum atomic E-state index is -1.34. The van der Waals surface area contributed by atoms with Crippen LogP contribution in [0.2, 0.25) is 0 Å². The maximum Gasteiger partial charge on any atom is 0.335 e. The van der Waals surface area contributed by atoms with Gasteiger partial charge in [0.1, 0.15) is 46.9 Å². The SMILES string of the molecule is CC1(C)COC[C@H]1n1c(Cc2cc(F)c(-c3nc(OCc4ccc(C#N)cc4F)ccc3F)cc2F)nc2c(F)cc(C(=O)O)cc21. The van der Waals surface area contributed by atoms with Crippen LogP contribution in [0.25, 0.3) is 22.3 Å². The summed E-state index contributed by atoms with van der Waals surface area (Å²) < 4.78 is 88.2. The Balaban J connectivity index is 1.34. The van der Waals surface area contributed by atoms with E-state index < -0.39 is 57.8 Å². The van der Waals surface area contributed by atoms with Crippen molar-refractivity contribution in [3.8, 4) is 23.2 Å². The van der Waals surface area contributed by atoms with Crippen molar-refractivity contribution in [2.24, 2.45) is 5.41 Å². The van der Waals surface area contributed by atoms with Crippen molar-refractivity contribution in [1.82, 2.24) is 14.5 Å². The highest BCUT2D eigenvalue weighted by atomic mass is 19.1. The summed E-state index contributed by atoms with van der Waals surface area (Å²) >= 11 is 0. The average Bonchev–Trinajstić information content (AvgIpc) is 3.56. The van der Waals surface area contributed by atoms with E-state index >= 15 is 13.2 Å². The molecule has 0 spiro atoms. The van der Waals surface area contributed by atoms with E-state index in [4.69, 9.17) is 14.7 Å². The van der Waals surface area contributed by atoms with Gasteiger partial charge in [0.2, 0.25) is 5.88 Å². The smallest absolute Gasteiger partial charge is 0.335 e. The molecule has 1 N–H and O–H groups in total. The second-order valence-electron chi connectivity index (χ2n) is 11.8. The number of imidazole rings is 1. The first-order valence-corrected chi connectivity index (χ1v) is 14.3. The summed E-state index contributed by atoms with van der Waals surface area (Å²) in [7, 11) is 0. The van der Waals surface area contributed by atoms with Crippen LogP contribution >= 0.6 is 0 Å². The van der Waals surface area contributed by atoms with Gasteiger partial charge >= 0.3 is 5.97 Å². The second-order valence-corrected chi connectivity index (χ2v) is 11.8. The van der Waals surface area contributed by atoms with Gasteiger partial charge in [-0.05, 0) is 48.0 Å². The maximum absolute atomic E-state index is 15.6. The molecule has 240 valence electrons. The molecule has 1 atom stereocenters. The van der Waals surface area contributed by atoms with Crippen LogP contribution in [0.3, 0.4) is 0 Å². The number of ether oxygens (including phenoxy) is 2. The quantitative estimate of drug-likeness (QED) is 0.178. The van der Waals surface area contributed by atoms with Gasteiger partial charge in [-0.3, -0.25) is 0 Å². The predicted octanol–water partition coefficient (Wildman–Crippen LogP) is 7.13. The molecule has 3 aromatic carbocycles. The molecule has 2 aromatic heterocycles. The lowest BCUT2D eigenvalue weighted by Gasteiger charge is -2.28. The molecule has 1 fully saturated rings. The van der Waals surface area contributed by atoms with Crippen LogP contribution < -0.4 is 4.74 Å². The number of aromatic nitrogens is 3. The van der Waals surface area contributed by atoms with Crippen molar-refractivity contribution in [2.75, 3.05) is 13.2 Å². The number of nitrogens with zero attached hydrogens (tertiary/aromatic N) is 4. The molecule has 8 nitrogen and oxygen atoms in total. The minimum Gasteiger partial charge on any atom is -0.478 e. The number of carboxylic acids is 1. The van der Waals surface area contributed by atoms with Gasteiger partial charge in [-0.1, -0.05) is 19.9 Å². The number of hydrogen-bond acceptors (Lipinski definition) is 6. The lowest BCUT2D eigenvalue weighted by Crippen LogP contribution is -2.27. The summed E-state index contributed by atoms with van der Waals surface area (Å²) in [4.78, 5) is 20.0. The van der Waals surface area contributed by atoms with E-state index in [2.05, 4.69) is 9.97 Å². The van der Waals surface area contributed by atoms with Crippen LogP contribution in [0.15, 0.2) is 54.6 Å². The lowest BCUT2D eigenvalue weighted by atomic mass is 9.87. The van der Waals surface area contributed by atoms with Crippen molar-refractivity contribution in [3.05, 3.63) is 112 Å². The summed E-state index contributed by atoms with van der Waals surface area (Å²) in [6.45, 7) is 4.03. The number of rotatable bonds is 8. The number of halogens is 5. The Hall–Kier alpha value is -5.35. The summed E-state index contributed by atoms with van der Waals surface area (Å²) in [6, 6.07) is 11.0. The number of nitriles is 1. The van der Waals surface area contributed by atoms with Gasteiger partial charge in [0.25, 0.3) is 0 Å². The van der Waals surface area contributed by atoms with E-state index in [9.17, 15) is 18.7 Å². The Bertz CT molecular complexity index is 2110. The molecule has 47 heavy (non-hydrogen) atoms. The van der Waals surface area contributed by atoms with Gasteiger partial charge in [-0.25, -0.2) is 36.7 Å². The fraction of sp³-hybridized carbons (Fsp3) is 0.235. The van der Waals surface area contributed by atoms with Gasteiger partial charge in [0.05, 0.1) is 42.0 Å². The molecule has 3 heterocycles. The molecule has 1 aliphatic heterocycles. The van der Waals surface area contributed by atoms with Crippen molar-refractivity contribution in [1.29, 1.82) is 5.26 Å². The third-order valence-electron chi connectivity index (χ3n) is 8.15. The van der Waals surface area contributed by atoms with E-state index in [1.165, 1.54) is 18.2 Å². The van der Waals surface area contributed by atoms with Crippen molar-refractivity contribution >= 4 is 17.0 Å². The molecular formula is C34H25F5N4O4. The summed E-state index contributed by atoms with van der Waals surface area (Å²) in [5.41, 5.74) is -1.78. The third kappa shape index (κ3) is 5.99. The van der Waals surface area contributed by atoms with Crippen LogP contribution in [0.4, 0.5) is 22.0 Å². The first-order chi connectivity index (χ1) is 22.4. The van der Waals surface area contributed by atoms with Crippen molar-refractivity contribution in [2.45, 2.75) is 32.9 Å². The highest BCUT2D eigenvalue weighted by molar-refractivity contribution is 5.93. The van der Waals surface area contributed by atoms with E-state index in [0.29, 0.717) is 6.61 Å². The fourth-order valence-corrected chi connectivity index (χ4v) is 5.63.